The Kier molecular flexibility index (Phi) is 6.19. The minimum Gasteiger partial charge on any atom is -0.486 e. The number of hydrogen-bond acceptors (Lipinski definition) is 4. The zero-order valence-electron chi connectivity index (χ0n) is 16.3. The van der Waals surface area contributed by atoms with Gasteiger partial charge in [0.05, 0.1) is 6.61 Å². The minimum absolute atomic E-state index is 0.0104. The quantitative estimate of drug-likeness (QED) is 0.567. The van der Waals surface area contributed by atoms with Gasteiger partial charge in [-0.25, -0.2) is 0 Å². The van der Waals surface area contributed by atoms with Crippen LogP contribution in [0.25, 0.3) is 11.1 Å². The van der Waals surface area contributed by atoms with Gasteiger partial charge in [0, 0.05) is 5.92 Å². The summed E-state index contributed by atoms with van der Waals surface area (Å²) in [6, 6.07) is 12.1. The van der Waals surface area contributed by atoms with Gasteiger partial charge in [-0.1, -0.05) is 44.2 Å². The van der Waals surface area contributed by atoms with Crippen molar-refractivity contribution >= 4 is 0 Å². The summed E-state index contributed by atoms with van der Waals surface area (Å²) in [6.07, 6.45) is 1.01. The summed E-state index contributed by atoms with van der Waals surface area (Å²) < 4.78 is 17.0. The fourth-order valence-electron chi connectivity index (χ4n) is 3.16. The lowest BCUT2D eigenvalue weighted by Gasteiger charge is -2.23. The molecule has 27 heavy (non-hydrogen) atoms. The highest BCUT2D eigenvalue weighted by atomic mass is 16.6. The minimum atomic E-state index is -0.824. The van der Waals surface area contributed by atoms with Gasteiger partial charge in [0.25, 0.3) is 0 Å². The summed E-state index contributed by atoms with van der Waals surface area (Å²) in [5, 5.41) is 10.3. The number of allylic oxidation sites excluding steroid dienone is 1. The summed E-state index contributed by atoms with van der Waals surface area (Å²) in [5.74, 6) is 1.74. The first-order valence-corrected chi connectivity index (χ1v) is 9.42. The first-order valence-electron chi connectivity index (χ1n) is 9.42. The fraction of sp³-hybridized carbons (Fsp3) is 0.391. The summed E-state index contributed by atoms with van der Waals surface area (Å²) in [7, 11) is 0. The average molecular weight is 368 g/mol. The Bertz CT molecular complexity index is 799. The number of aliphatic hydroxyl groups excluding tert-OH is 1. The van der Waals surface area contributed by atoms with E-state index in [1.54, 1.807) is 0 Å². The van der Waals surface area contributed by atoms with Gasteiger partial charge in [-0.15, -0.1) is 6.58 Å². The van der Waals surface area contributed by atoms with Gasteiger partial charge in [-0.2, -0.15) is 0 Å². The van der Waals surface area contributed by atoms with E-state index in [4.69, 9.17) is 14.2 Å². The van der Waals surface area contributed by atoms with Crippen LogP contribution in [0.4, 0.5) is 0 Å². The Morgan fingerprint density at radius 1 is 1.15 bits per heavy atom. The highest BCUT2D eigenvalue weighted by Gasteiger charge is 2.20. The molecule has 3 atom stereocenters. The van der Waals surface area contributed by atoms with Gasteiger partial charge in [0.15, 0.2) is 17.8 Å². The van der Waals surface area contributed by atoms with Gasteiger partial charge < -0.3 is 19.3 Å². The SMILES string of the molecule is C=CC(C)C(C)[C@@H](O)OCc1cccc(-c2ccc3c(c2)OCCO3)c1C. The van der Waals surface area contributed by atoms with Crippen molar-refractivity contribution in [1.29, 1.82) is 0 Å². The lowest BCUT2D eigenvalue weighted by atomic mass is 9.95. The molecule has 0 spiro atoms. The van der Waals surface area contributed by atoms with Gasteiger partial charge in [0.2, 0.25) is 0 Å². The number of aliphatic hydroxyl groups is 1. The van der Waals surface area contributed by atoms with Crippen LogP contribution in [0, 0.1) is 18.8 Å². The van der Waals surface area contributed by atoms with Gasteiger partial charge in [0.1, 0.15) is 13.2 Å². The van der Waals surface area contributed by atoms with Crippen LogP contribution in [-0.4, -0.2) is 24.6 Å². The summed E-state index contributed by atoms with van der Waals surface area (Å²) in [6.45, 7) is 11.4. The van der Waals surface area contributed by atoms with Gasteiger partial charge in [-0.3, -0.25) is 0 Å². The molecule has 0 saturated heterocycles. The van der Waals surface area contributed by atoms with E-state index in [-0.39, 0.29) is 11.8 Å². The third-order valence-electron chi connectivity index (χ3n) is 5.36. The molecule has 0 bridgehead atoms. The topological polar surface area (TPSA) is 47.9 Å². The van der Waals surface area contributed by atoms with Crippen molar-refractivity contribution in [2.24, 2.45) is 11.8 Å². The molecular formula is C23H28O4. The molecule has 4 nitrogen and oxygen atoms in total. The maximum absolute atomic E-state index is 10.3. The zero-order chi connectivity index (χ0) is 19.4. The Balaban J connectivity index is 1.77. The number of fused-ring (bicyclic) bond motifs is 1. The third kappa shape index (κ3) is 4.34. The van der Waals surface area contributed by atoms with Crippen molar-refractivity contribution in [1.82, 2.24) is 0 Å². The van der Waals surface area contributed by atoms with Crippen LogP contribution >= 0.6 is 0 Å². The summed E-state index contributed by atoms with van der Waals surface area (Å²) in [4.78, 5) is 0. The van der Waals surface area contributed by atoms with Crippen LogP contribution in [-0.2, 0) is 11.3 Å². The van der Waals surface area contributed by atoms with E-state index in [0.29, 0.717) is 19.8 Å². The number of ether oxygens (including phenoxy) is 3. The van der Waals surface area contributed by atoms with Crippen molar-refractivity contribution in [3.05, 3.63) is 60.2 Å². The second kappa shape index (κ2) is 8.59. The van der Waals surface area contributed by atoms with E-state index < -0.39 is 6.29 Å². The lowest BCUT2D eigenvalue weighted by Crippen LogP contribution is -2.25. The molecule has 1 heterocycles. The van der Waals surface area contributed by atoms with E-state index in [1.807, 2.05) is 50.3 Å². The monoisotopic (exact) mass is 368 g/mol. The predicted octanol–water partition coefficient (Wildman–Crippen LogP) is 4.73. The Morgan fingerprint density at radius 2 is 1.89 bits per heavy atom. The molecule has 0 fully saturated rings. The van der Waals surface area contributed by atoms with Crippen molar-refractivity contribution in [3.63, 3.8) is 0 Å². The maximum atomic E-state index is 10.3. The van der Waals surface area contributed by atoms with E-state index in [1.165, 1.54) is 0 Å². The molecule has 0 amide bonds. The first kappa shape index (κ1) is 19.5. The second-order valence-electron chi connectivity index (χ2n) is 7.10. The van der Waals surface area contributed by atoms with E-state index >= 15 is 0 Å². The van der Waals surface area contributed by atoms with E-state index in [9.17, 15) is 5.11 Å². The van der Waals surface area contributed by atoms with E-state index in [0.717, 1.165) is 33.8 Å². The Morgan fingerprint density at radius 3 is 2.63 bits per heavy atom. The predicted molar refractivity (Wildman–Crippen MR) is 107 cm³/mol. The van der Waals surface area contributed by atoms with Crippen LogP contribution in [0.2, 0.25) is 0 Å². The molecule has 1 N–H and O–H groups in total. The highest BCUT2D eigenvalue weighted by Crippen LogP contribution is 2.36. The molecule has 0 radical (unpaired) electrons. The normalized spacial score (nSPS) is 16.4. The molecule has 0 aliphatic carbocycles. The molecule has 2 aromatic carbocycles. The number of benzene rings is 2. The van der Waals surface area contributed by atoms with Crippen molar-refractivity contribution in [2.45, 2.75) is 33.7 Å². The molecule has 1 aliphatic rings. The molecule has 0 saturated carbocycles. The molecular weight excluding hydrogens is 340 g/mol. The van der Waals surface area contributed by atoms with Crippen LogP contribution < -0.4 is 9.47 Å². The zero-order valence-corrected chi connectivity index (χ0v) is 16.3. The molecule has 2 unspecified atom stereocenters. The smallest absolute Gasteiger partial charge is 0.161 e. The third-order valence-corrected chi connectivity index (χ3v) is 5.36. The standard InChI is InChI=1S/C23H28O4/c1-5-15(2)16(3)23(24)27-14-19-7-6-8-20(17(19)4)18-9-10-21-22(13-18)26-12-11-25-21/h5-10,13,15-16,23-24H,1,11-12,14H2,2-4H3/t15?,16?,23-/m0/s1. The summed E-state index contributed by atoms with van der Waals surface area (Å²) in [5.41, 5.74) is 4.38. The van der Waals surface area contributed by atoms with Crippen LogP contribution in [0.3, 0.4) is 0 Å². The first-order chi connectivity index (χ1) is 13.0. The van der Waals surface area contributed by atoms with Gasteiger partial charge in [-0.05, 0) is 47.2 Å². The van der Waals surface area contributed by atoms with Crippen LogP contribution in [0.5, 0.6) is 11.5 Å². The highest BCUT2D eigenvalue weighted by molar-refractivity contribution is 5.71. The number of rotatable bonds is 7. The molecule has 0 aromatic heterocycles. The molecule has 3 rings (SSSR count). The average Bonchev–Trinajstić information content (AvgIpc) is 2.71. The maximum Gasteiger partial charge on any atom is 0.161 e. The fourth-order valence-corrected chi connectivity index (χ4v) is 3.16. The van der Waals surface area contributed by atoms with Crippen molar-refractivity contribution < 1.29 is 19.3 Å². The van der Waals surface area contributed by atoms with Crippen molar-refractivity contribution in [3.8, 4) is 22.6 Å². The molecule has 4 heteroatoms. The van der Waals surface area contributed by atoms with Crippen molar-refractivity contribution in [2.75, 3.05) is 13.2 Å². The number of hydrogen-bond donors (Lipinski definition) is 1. The van der Waals surface area contributed by atoms with E-state index in [2.05, 4.69) is 19.6 Å². The Labute approximate surface area is 161 Å². The molecule has 1 aliphatic heterocycles. The summed E-state index contributed by atoms with van der Waals surface area (Å²) >= 11 is 0. The van der Waals surface area contributed by atoms with Gasteiger partial charge >= 0.3 is 0 Å². The lowest BCUT2D eigenvalue weighted by molar-refractivity contribution is -0.144. The molecule has 2 aromatic rings. The Hall–Kier alpha value is -2.30. The van der Waals surface area contributed by atoms with Crippen LogP contribution in [0.15, 0.2) is 49.1 Å². The second-order valence-corrected chi connectivity index (χ2v) is 7.10. The van der Waals surface area contributed by atoms with Crippen LogP contribution in [0.1, 0.15) is 25.0 Å². The molecule has 144 valence electrons. The largest absolute Gasteiger partial charge is 0.486 e.